The summed E-state index contributed by atoms with van der Waals surface area (Å²) in [5.41, 5.74) is 0.333. The minimum atomic E-state index is -3.88. The minimum absolute atomic E-state index is 0.0961. The van der Waals surface area contributed by atoms with E-state index in [2.05, 4.69) is 4.72 Å². The van der Waals surface area contributed by atoms with Crippen molar-refractivity contribution in [3.05, 3.63) is 66.2 Å². The number of hydrogen-bond acceptors (Lipinski definition) is 5. The molecule has 7 heteroatoms. The van der Waals surface area contributed by atoms with Crippen LogP contribution in [-0.2, 0) is 14.8 Å². The lowest BCUT2D eigenvalue weighted by molar-refractivity contribution is 0.0527. The first kappa shape index (κ1) is 18.7. The molecule has 0 atom stereocenters. The Balaban J connectivity index is 1.96. The molecule has 0 bridgehead atoms. The predicted molar refractivity (Wildman–Crippen MR) is 104 cm³/mol. The molecular formula is C20H19NO5S. The van der Waals surface area contributed by atoms with E-state index in [9.17, 15) is 13.2 Å². The average Bonchev–Trinajstić information content (AvgIpc) is 2.67. The van der Waals surface area contributed by atoms with Crippen molar-refractivity contribution in [2.24, 2.45) is 0 Å². The smallest absolute Gasteiger partial charge is 0.340 e. The molecule has 0 heterocycles. The quantitative estimate of drug-likeness (QED) is 0.652. The standard InChI is InChI=1S/C20H19NO5S/c1-3-26-20(22)18-6-4-5-7-19(18)21-27(23,24)17-11-9-14-12-16(25-2)10-8-15(14)13-17/h4-13,21H,3H2,1-2H3. The van der Waals surface area contributed by atoms with Gasteiger partial charge in [-0.3, -0.25) is 4.72 Å². The van der Waals surface area contributed by atoms with E-state index < -0.39 is 16.0 Å². The Morgan fingerprint density at radius 3 is 2.44 bits per heavy atom. The van der Waals surface area contributed by atoms with Crippen LogP contribution in [0, 0.1) is 0 Å². The van der Waals surface area contributed by atoms with Crippen molar-refractivity contribution in [3.63, 3.8) is 0 Å². The van der Waals surface area contributed by atoms with Crippen LogP contribution in [-0.4, -0.2) is 28.1 Å². The molecule has 0 unspecified atom stereocenters. The summed E-state index contributed by atoms with van der Waals surface area (Å²) in [6.07, 6.45) is 0. The number of ether oxygens (including phenoxy) is 2. The van der Waals surface area contributed by atoms with Crippen molar-refractivity contribution in [3.8, 4) is 5.75 Å². The number of carbonyl (C=O) groups is 1. The third kappa shape index (κ3) is 4.03. The maximum atomic E-state index is 12.8. The van der Waals surface area contributed by atoms with Gasteiger partial charge < -0.3 is 9.47 Å². The fourth-order valence-electron chi connectivity index (χ4n) is 2.66. The van der Waals surface area contributed by atoms with Crippen LogP contribution in [0.3, 0.4) is 0 Å². The van der Waals surface area contributed by atoms with Crippen molar-refractivity contribution in [1.29, 1.82) is 0 Å². The van der Waals surface area contributed by atoms with Crippen LogP contribution in [0.2, 0.25) is 0 Å². The summed E-state index contributed by atoms with van der Waals surface area (Å²) in [7, 11) is -2.31. The van der Waals surface area contributed by atoms with Gasteiger partial charge in [-0.1, -0.05) is 24.3 Å². The molecule has 0 aromatic heterocycles. The number of nitrogens with one attached hydrogen (secondary N) is 1. The van der Waals surface area contributed by atoms with Crippen molar-refractivity contribution in [2.75, 3.05) is 18.4 Å². The van der Waals surface area contributed by atoms with Gasteiger partial charge in [0.05, 0.1) is 29.9 Å². The molecule has 0 spiro atoms. The molecule has 3 rings (SSSR count). The van der Waals surface area contributed by atoms with Crippen LogP contribution in [0.15, 0.2) is 65.6 Å². The Bertz CT molecular complexity index is 1090. The zero-order valence-electron chi connectivity index (χ0n) is 14.9. The highest BCUT2D eigenvalue weighted by Crippen LogP contribution is 2.26. The molecular weight excluding hydrogens is 366 g/mol. The number of methoxy groups -OCH3 is 1. The van der Waals surface area contributed by atoms with Gasteiger partial charge in [-0.05, 0) is 54.1 Å². The number of benzene rings is 3. The molecule has 0 saturated carbocycles. The van der Waals surface area contributed by atoms with Gasteiger partial charge in [0.2, 0.25) is 0 Å². The number of para-hydroxylation sites is 1. The van der Waals surface area contributed by atoms with E-state index >= 15 is 0 Å². The molecule has 3 aromatic carbocycles. The van der Waals surface area contributed by atoms with Crippen LogP contribution in [0.4, 0.5) is 5.69 Å². The van der Waals surface area contributed by atoms with E-state index in [1.54, 1.807) is 50.4 Å². The van der Waals surface area contributed by atoms with Gasteiger partial charge in [-0.25, -0.2) is 13.2 Å². The van der Waals surface area contributed by atoms with E-state index in [4.69, 9.17) is 9.47 Å². The second-order valence-electron chi connectivity index (χ2n) is 5.75. The zero-order chi connectivity index (χ0) is 19.4. The molecule has 27 heavy (non-hydrogen) atoms. The number of esters is 1. The van der Waals surface area contributed by atoms with E-state index in [0.29, 0.717) is 5.75 Å². The van der Waals surface area contributed by atoms with Gasteiger partial charge in [0.1, 0.15) is 5.75 Å². The van der Waals surface area contributed by atoms with E-state index in [0.717, 1.165) is 10.8 Å². The molecule has 0 saturated heterocycles. The van der Waals surface area contributed by atoms with Crippen LogP contribution >= 0.6 is 0 Å². The summed E-state index contributed by atoms with van der Waals surface area (Å²) in [6.45, 7) is 1.89. The van der Waals surface area contributed by atoms with Crippen LogP contribution in [0.25, 0.3) is 10.8 Å². The molecule has 0 amide bonds. The van der Waals surface area contributed by atoms with Crippen molar-refractivity contribution in [2.45, 2.75) is 11.8 Å². The molecule has 1 N–H and O–H groups in total. The summed E-state index contributed by atoms with van der Waals surface area (Å²) in [5, 5.41) is 1.62. The van der Waals surface area contributed by atoms with E-state index in [1.165, 1.54) is 18.2 Å². The van der Waals surface area contributed by atoms with Gasteiger partial charge in [-0.15, -0.1) is 0 Å². The Morgan fingerprint density at radius 1 is 1.00 bits per heavy atom. The number of anilines is 1. The highest BCUT2D eigenvalue weighted by molar-refractivity contribution is 7.92. The highest BCUT2D eigenvalue weighted by atomic mass is 32.2. The molecule has 0 fully saturated rings. The molecule has 0 radical (unpaired) electrons. The van der Waals surface area contributed by atoms with Crippen LogP contribution < -0.4 is 9.46 Å². The largest absolute Gasteiger partial charge is 0.497 e. The first-order valence-corrected chi connectivity index (χ1v) is 9.79. The molecule has 3 aromatic rings. The summed E-state index contributed by atoms with van der Waals surface area (Å²) in [4.78, 5) is 12.2. The van der Waals surface area contributed by atoms with Crippen LogP contribution in [0.5, 0.6) is 5.75 Å². The Morgan fingerprint density at radius 2 is 1.70 bits per heavy atom. The second-order valence-corrected chi connectivity index (χ2v) is 7.43. The van der Waals surface area contributed by atoms with Crippen molar-refractivity contribution >= 4 is 32.5 Å². The molecule has 0 aliphatic heterocycles. The fraction of sp³-hybridized carbons (Fsp3) is 0.150. The second kappa shape index (κ2) is 7.67. The number of carbonyl (C=O) groups excluding carboxylic acids is 1. The lowest BCUT2D eigenvalue weighted by Crippen LogP contribution is -2.16. The van der Waals surface area contributed by atoms with Crippen molar-refractivity contribution < 1.29 is 22.7 Å². The van der Waals surface area contributed by atoms with Gasteiger partial charge in [0.25, 0.3) is 10.0 Å². The van der Waals surface area contributed by atoms with E-state index in [1.807, 2.05) is 6.07 Å². The topological polar surface area (TPSA) is 81.7 Å². The third-order valence-corrected chi connectivity index (χ3v) is 5.36. The number of fused-ring (bicyclic) bond motifs is 1. The Kier molecular flexibility index (Phi) is 5.32. The third-order valence-electron chi connectivity index (χ3n) is 4.00. The predicted octanol–water partition coefficient (Wildman–Crippen LogP) is 3.83. The maximum absolute atomic E-state index is 12.8. The number of sulfonamides is 1. The van der Waals surface area contributed by atoms with Gasteiger partial charge in [0.15, 0.2) is 0 Å². The van der Waals surface area contributed by atoms with Crippen molar-refractivity contribution in [1.82, 2.24) is 0 Å². The first-order chi connectivity index (χ1) is 12.9. The first-order valence-electron chi connectivity index (χ1n) is 8.31. The fourth-order valence-corrected chi connectivity index (χ4v) is 3.77. The number of hydrogen-bond donors (Lipinski definition) is 1. The van der Waals surface area contributed by atoms with Gasteiger partial charge in [-0.2, -0.15) is 0 Å². The van der Waals surface area contributed by atoms with E-state index in [-0.39, 0.29) is 22.8 Å². The average molecular weight is 385 g/mol. The normalized spacial score (nSPS) is 11.2. The summed E-state index contributed by atoms with van der Waals surface area (Å²) < 4.78 is 38.3. The lowest BCUT2D eigenvalue weighted by Gasteiger charge is -2.12. The van der Waals surface area contributed by atoms with Crippen LogP contribution in [0.1, 0.15) is 17.3 Å². The molecule has 6 nitrogen and oxygen atoms in total. The van der Waals surface area contributed by atoms with Gasteiger partial charge >= 0.3 is 5.97 Å². The Labute approximate surface area is 157 Å². The molecule has 140 valence electrons. The monoisotopic (exact) mass is 385 g/mol. The summed E-state index contributed by atoms with van der Waals surface area (Å²) in [6, 6.07) is 16.5. The number of rotatable bonds is 6. The summed E-state index contributed by atoms with van der Waals surface area (Å²) >= 11 is 0. The lowest BCUT2D eigenvalue weighted by atomic mass is 10.1. The molecule has 0 aliphatic carbocycles. The molecule has 0 aliphatic rings. The van der Waals surface area contributed by atoms with Gasteiger partial charge in [0, 0.05) is 0 Å². The SMILES string of the molecule is CCOC(=O)c1ccccc1NS(=O)(=O)c1ccc2cc(OC)ccc2c1. The zero-order valence-corrected chi connectivity index (χ0v) is 15.7. The highest BCUT2D eigenvalue weighted by Gasteiger charge is 2.19. The maximum Gasteiger partial charge on any atom is 0.340 e. The Hall–Kier alpha value is -3.06. The summed E-state index contributed by atoms with van der Waals surface area (Å²) in [5.74, 6) is 0.112. The minimum Gasteiger partial charge on any atom is -0.497 e.